The van der Waals surface area contributed by atoms with Gasteiger partial charge in [-0.2, -0.15) is 0 Å². The van der Waals surface area contributed by atoms with Crippen LogP contribution in [0.1, 0.15) is 33.6 Å². The Morgan fingerprint density at radius 3 is 2.70 bits per heavy atom. The smallest absolute Gasteiger partial charge is 0.411 e. The summed E-state index contributed by atoms with van der Waals surface area (Å²) < 4.78 is 5.32. The van der Waals surface area contributed by atoms with E-state index in [1.54, 1.807) is 20.8 Å². The molecule has 2 atom stereocenters. The fourth-order valence-electron chi connectivity index (χ4n) is 2.69. The van der Waals surface area contributed by atoms with E-state index >= 15 is 0 Å². The zero-order valence-corrected chi connectivity index (χ0v) is 12.1. The molecule has 2 rings (SSSR count). The number of hydrogen-bond donors (Lipinski definition) is 1. The van der Waals surface area contributed by atoms with E-state index in [0.717, 1.165) is 18.4 Å². The minimum absolute atomic E-state index is 0.222. The Morgan fingerprint density at radius 1 is 1.40 bits per heavy atom. The van der Waals surface area contributed by atoms with Crippen LogP contribution in [0.15, 0.2) is 23.8 Å². The number of carboxylic acids is 1. The normalized spacial score (nSPS) is 25.8. The number of ether oxygens (including phenoxy) is 1. The number of carbonyl (C=O) groups excluding carboxylic acids is 1. The number of nitrogens with zero attached hydrogens (tertiary/aromatic N) is 1. The highest BCUT2D eigenvalue weighted by molar-refractivity contribution is 5.84. The first kappa shape index (κ1) is 14.6. The van der Waals surface area contributed by atoms with Gasteiger partial charge in [0.2, 0.25) is 0 Å². The number of fused-ring (bicyclic) bond motifs is 1. The molecule has 110 valence electrons. The SMILES string of the molecule is CC(C)(C)OC(=O)N1CCC2CC=CC=C2[C@@H]1C(=O)O. The number of piperidine rings is 1. The quantitative estimate of drug-likeness (QED) is 0.801. The summed E-state index contributed by atoms with van der Waals surface area (Å²) in [5, 5.41) is 9.48. The Hall–Kier alpha value is -1.78. The van der Waals surface area contributed by atoms with Gasteiger partial charge in [-0.1, -0.05) is 18.2 Å². The Morgan fingerprint density at radius 2 is 2.10 bits per heavy atom. The molecule has 1 fully saturated rings. The summed E-state index contributed by atoms with van der Waals surface area (Å²) in [6.45, 7) is 5.74. The van der Waals surface area contributed by atoms with Crippen molar-refractivity contribution >= 4 is 12.1 Å². The highest BCUT2D eigenvalue weighted by Crippen LogP contribution is 2.34. The fourth-order valence-corrected chi connectivity index (χ4v) is 2.69. The predicted molar refractivity (Wildman–Crippen MR) is 74.3 cm³/mol. The monoisotopic (exact) mass is 279 g/mol. The molecule has 1 unspecified atom stereocenters. The first-order valence-electron chi connectivity index (χ1n) is 6.88. The van der Waals surface area contributed by atoms with Gasteiger partial charge in [-0.25, -0.2) is 9.59 Å². The third kappa shape index (κ3) is 3.03. The van der Waals surface area contributed by atoms with E-state index < -0.39 is 23.7 Å². The second kappa shape index (κ2) is 5.31. The molecular formula is C15H21NO4. The van der Waals surface area contributed by atoms with Gasteiger partial charge >= 0.3 is 12.1 Å². The summed E-state index contributed by atoms with van der Waals surface area (Å²) in [5.74, 6) is -0.776. The largest absolute Gasteiger partial charge is 0.479 e. The van der Waals surface area contributed by atoms with E-state index in [4.69, 9.17) is 4.74 Å². The molecule has 0 bridgehead atoms. The summed E-state index contributed by atoms with van der Waals surface area (Å²) in [6.07, 6.45) is 6.79. The molecule has 5 nitrogen and oxygen atoms in total. The van der Waals surface area contributed by atoms with Crippen molar-refractivity contribution in [3.05, 3.63) is 23.8 Å². The summed E-state index contributed by atoms with van der Waals surface area (Å²) in [4.78, 5) is 25.1. The van der Waals surface area contributed by atoms with E-state index in [9.17, 15) is 14.7 Å². The Bertz CT molecular complexity index is 473. The molecule has 20 heavy (non-hydrogen) atoms. The molecule has 0 aromatic heterocycles. The molecule has 0 saturated carbocycles. The van der Waals surface area contributed by atoms with Crippen LogP contribution in [-0.4, -0.2) is 40.3 Å². The maximum Gasteiger partial charge on any atom is 0.411 e. The number of rotatable bonds is 1. The highest BCUT2D eigenvalue weighted by Gasteiger charge is 2.41. The minimum Gasteiger partial charge on any atom is -0.479 e. The molecule has 1 heterocycles. The van der Waals surface area contributed by atoms with Crippen molar-refractivity contribution in [3.8, 4) is 0 Å². The summed E-state index contributed by atoms with van der Waals surface area (Å²) in [7, 11) is 0. The van der Waals surface area contributed by atoms with Crippen molar-refractivity contribution < 1.29 is 19.4 Å². The van der Waals surface area contributed by atoms with Crippen LogP contribution in [0.25, 0.3) is 0 Å². The number of aliphatic carboxylic acids is 1. The van der Waals surface area contributed by atoms with Crippen LogP contribution in [0.3, 0.4) is 0 Å². The molecule has 2 aliphatic rings. The second-order valence-corrected chi connectivity index (χ2v) is 6.23. The van der Waals surface area contributed by atoms with Crippen LogP contribution < -0.4 is 0 Å². The topological polar surface area (TPSA) is 66.8 Å². The third-order valence-corrected chi connectivity index (χ3v) is 3.52. The number of hydrogen-bond acceptors (Lipinski definition) is 3. The average Bonchev–Trinajstić information content (AvgIpc) is 2.35. The van der Waals surface area contributed by atoms with E-state index in [0.29, 0.717) is 6.54 Å². The van der Waals surface area contributed by atoms with E-state index in [-0.39, 0.29) is 5.92 Å². The third-order valence-electron chi connectivity index (χ3n) is 3.52. The summed E-state index contributed by atoms with van der Waals surface area (Å²) in [6, 6.07) is -0.909. The summed E-state index contributed by atoms with van der Waals surface area (Å²) in [5.41, 5.74) is 0.176. The number of allylic oxidation sites excluding steroid dienone is 3. The molecular weight excluding hydrogens is 258 g/mol. The molecule has 0 aromatic carbocycles. The highest BCUT2D eigenvalue weighted by atomic mass is 16.6. The molecule has 0 aromatic rings. The van der Waals surface area contributed by atoms with Gasteiger partial charge in [0.05, 0.1) is 0 Å². The van der Waals surface area contributed by atoms with Gasteiger partial charge in [0.25, 0.3) is 0 Å². The zero-order valence-electron chi connectivity index (χ0n) is 12.1. The van der Waals surface area contributed by atoms with Crippen LogP contribution >= 0.6 is 0 Å². The minimum atomic E-state index is -0.998. The van der Waals surface area contributed by atoms with Gasteiger partial charge in [-0.15, -0.1) is 0 Å². The number of amides is 1. The molecule has 1 amide bonds. The van der Waals surface area contributed by atoms with Crippen LogP contribution in [0, 0.1) is 5.92 Å². The van der Waals surface area contributed by atoms with Crippen LogP contribution in [-0.2, 0) is 9.53 Å². The lowest BCUT2D eigenvalue weighted by molar-refractivity contribution is -0.142. The fraction of sp³-hybridized carbons (Fsp3) is 0.600. The lowest BCUT2D eigenvalue weighted by Gasteiger charge is -2.40. The van der Waals surface area contributed by atoms with Gasteiger partial charge < -0.3 is 9.84 Å². The molecule has 1 N–H and O–H groups in total. The van der Waals surface area contributed by atoms with Crippen LogP contribution in [0.4, 0.5) is 4.79 Å². The van der Waals surface area contributed by atoms with E-state index in [1.807, 2.05) is 18.2 Å². The lowest BCUT2D eigenvalue weighted by atomic mass is 9.80. The number of carbonyl (C=O) groups is 2. The van der Waals surface area contributed by atoms with E-state index in [1.165, 1.54) is 4.90 Å². The predicted octanol–water partition coefficient (Wildman–Crippen LogP) is 2.58. The molecule has 1 aliphatic carbocycles. The van der Waals surface area contributed by atoms with Gasteiger partial charge in [0.15, 0.2) is 6.04 Å². The van der Waals surface area contributed by atoms with Crippen LogP contribution in [0.2, 0.25) is 0 Å². The average molecular weight is 279 g/mol. The lowest BCUT2D eigenvalue weighted by Crippen LogP contribution is -2.53. The van der Waals surface area contributed by atoms with Crippen molar-refractivity contribution in [3.63, 3.8) is 0 Å². The molecule has 5 heteroatoms. The maximum absolute atomic E-state index is 12.2. The Kier molecular flexibility index (Phi) is 3.88. The van der Waals surface area contributed by atoms with Crippen LogP contribution in [0.5, 0.6) is 0 Å². The van der Waals surface area contributed by atoms with Gasteiger partial charge in [0.1, 0.15) is 5.60 Å². The standard InChI is InChI=1S/C15H21NO4/c1-15(2,3)20-14(19)16-9-8-10-6-4-5-7-11(10)12(16)13(17)18/h4-5,7,10,12H,6,8-9H2,1-3H3,(H,17,18)/t10?,12-/m1/s1. The van der Waals surface area contributed by atoms with Gasteiger partial charge in [-0.05, 0) is 45.1 Å². The second-order valence-electron chi connectivity index (χ2n) is 6.23. The zero-order chi connectivity index (χ0) is 14.9. The number of carboxylic acid groups (broad SMARTS) is 1. The Balaban J connectivity index is 2.24. The van der Waals surface area contributed by atoms with Crippen molar-refractivity contribution in [1.29, 1.82) is 0 Å². The summed E-state index contributed by atoms with van der Waals surface area (Å²) >= 11 is 0. The first-order valence-corrected chi connectivity index (χ1v) is 6.88. The first-order chi connectivity index (χ1) is 9.29. The molecule has 0 radical (unpaired) electrons. The van der Waals surface area contributed by atoms with Gasteiger partial charge in [0, 0.05) is 6.54 Å². The van der Waals surface area contributed by atoms with Crippen molar-refractivity contribution in [1.82, 2.24) is 4.90 Å². The van der Waals surface area contributed by atoms with Crippen molar-refractivity contribution in [2.45, 2.75) is 45.3 Å². The molecule has 0 spiro atoms. The number of likely N-dealkylation sites (tertiary alicyclic amines) is 1. The molecule has 1 saturated heterocycles. The molecule has 1 aliphatic heterocycles. The van der Waals surface area contributed by atoms with E-state index in [2.05, 4.69) is 0 Å². The maximum atomic E-state index is 12.2. The van der Waals surface area contributed by atoms with Crippen molar-refractivity contribution in [2.75, 3.05) is 6.54 Å². The van der Waals surface area contributed by atoms with Crippen molar-refractivity contribution in [2.24, 2.45) is 5.92 Å². The Labute approximate surface area is 118 Å². The van der Waals surface area contributed by atoms with Gasteiger partial charge in [-0.3, -0.25) is 4.90 Å².